The third-order valence-corrected chi connectivity index (χ3v) is 3.91. The summed E-state index contributed by atoms with van der Waals surface area (Å²) in [5.74, 6) is 2.40. The highest BCUT2D eigenvalue weighted by Gasteiger charge is 2.22. The van der Waals surface area contributed by atoms with Gasteiger partial charge in [-0.3, -0.25) is 4.79 Å². The minimum atomic E-state index is -0.0619. The molecule has 1 saturated heterocycles. The normalized spacial score (nSPS) is 20.5. The largest absolute Gasteiger partial charge is 0.351 e. The van der Waals surface area contributed by atoms with Crippen molar-refractivity contribution in [3.05, 3.63) is 0 Å². The SMILES string of the molecule is CCCC(C)(C)NC(=O)CC1CSCCN1.Cl. The molecule has 1 fully saturated rings. The minimum Gasteiger partial charge on any atom is -0.351 e. The quantitative estimate of drug-likeness (QED) is 0.811. The number of thioether (sulfide) groups is 1. The van der Waals surface area contributed by atoms with Crippen molar-refractivity contribution < 1.29 is 4.79 Å². The van der Waals surface area contributed by atoms with Crippen LogP contribution in [0.4, 0.5) is 0 Å². The molecule has 0 saturated carbocycles. The van der Waals surface area contributed by atoms with Gasteiger partial charge < -0.3 is 10.6 Å². The average molecular weight is 281 g/mol. The molecule has 2 N–H and O–H groups in total. The molecule has 0 aromatic rings. The summed E-state index contributed by atoms with van der Waals surface area (Å²) in [5, 5.41) is 6.50. The Labute approximate surface area is 115 Å². The number of hydrogen-bond donors (Lipinski definition) is 2. The first-order valence-corrected chi connectivity index (χ1v) is 7.31. The maximum atomic E-state index is 11.8. The molecule has 102 valence electrons. The molecule has 0 spiro atoms. The monoisotopic (exact) mass is 280 g/mol. The maximum Gasteiger partial charge on any atom is 0.222 e. The molecular formula is C12H25ClN2OS. The van der Waals surface area contributed by atoms with E-state index in [9.17, 15) is 4.79 Å². The van der Waals surface area contributed by atoms with Crippen LogP contribution in [0, 0.1) is 0 Å². The van der Waals surface area contributed by atoms with Gasteiger partial charge in [-0.15, -0.1) is 12.4 Å². The van der Waals surface area contributed by atoms with E-state index < -0.39 is 0 Å². The van der Waals surface area contributed by atoms with Gasteiger partial charge in [-0.2, -0.15) is 11.8 Å². The topological polar surface area (TPSA) is 41.1 Å². The van der Waals surface area contributed by atoms with Crippen LogP contribution in [0.15, 0.2) is 0 Å². The van der Waals surface area contributed by atoms with E-state index >= 15 is 0 Å². The van der Waals surface area contributed by atoms with Crippen LogP contribution in [-0.2, 0) is 4.79 Å². The first-order chi connectivity index (χ1) is 7.53. The van der Waals surface area contributed by atoms with E-state index in [1.54, 1.807) is 0 Å². The molecule has 17 heavy (non-hydrogen) atoms. The molecule has 1 unspecified atom stereocenters. The summed E-state index contributed by atoms with van der Waals surface area (Å²) in [6.45, 7) is 7.36. The highest BCUT2D eigenvalue weighted by Crippen LogP contribution is 2.13. The van der Waals surface area contributed by atoms with Gasteiger partial charge in [0, 0.05) is 36.1 Å². The van der Waals surface area contributed by atoms with Gasteiger partial charge in [0.05, 0.1) is 0 Å². The number of hydrogen-bond acceptors (Lipinski definition) is 3. The Morgan fingerprint density at radius 3 is 2.76 bits per heavy atom. The smallest absolute Gasteiger partial charge is 0.222 e. The van der Waals surface area contributed by atoms with Gasteiger partial charge in [-0.05, 0) is 20.3 Å². The third kappa shape index (κ3) is 7.17. The van der Waals surface area contributed by atoms with E-state index in [1.165, 1.54) is 5.75 Å². The van der Waals surface area contributed by atoms with Gasteiger partial charge in [-0.1, -0.05) is 13.3 Å². The zero-order chi connectivity index (χ0) is 12.0. The highest BCUT2D eigenvalue weighted by atomic mass is 35.5. The van der Waals surface area contributed by atoms with Crippen molar-refractivity contribution >= 4 is 30.1 Å². The number of amides is 1. The Bertz CT molecular complexity index is 231. The van der Waals surface area contributed by atoms with Crippen molar-refractivity contribution in [2.45, 2.75) is 51.6 Å². The molecular weight excluding hydrogens is 256 g/mol. The maximum absolute atomic E-state index is 11.8. The van der Waals surface area contributed by atoms with Crippen LogP contribution in [0.1, 0.15) is 40.0 Å². The predicted molar refractivity (Wildman–Crippen MR) is 78.1 cm³/mol. The first-order valence-electron chi connectivity index (χ1n) is 6.15. The Hall–Kier alpha value is 0.0700. The fraction of sp³-hybridized carbons (Fsp3) is 0.917. The van der Waals surface area contributed by atoms with Crippen molar-refractivity contribution in [1.82, 2.24) is 10.6 Å². The summed E-state index contributed by atoms with van der Waals surface area (Å²) in [7, 11) is 0. The third-order valence-electron chi connectivity index (χ3n) is 2.78. The molecule has 1 aliphatic heterocycles. The van der Waals surface area contributed by atoms with Gasteiger partial charge in [-0.25, -0.2) is 0 Å². The van der Waals surface area contributed by atoms with Crippen molar-refractivity contribution in [2.24, 2.45) is 0 Å². The Balaban J connectivity index is 0.00000256. The van der Waals surface area contributed by atoms with Gasteiger partial charge in [0.25, 0.3) is 0 Å². The van der Waals surface area contributed by atoms with Crippen LogP contribution in [0.25, 0.3) is 0 Å². The second-order valence-corrected chi connectivity index (χ2v) is 6.26. The zero-order valence-corrected chi connectivity index (χ0v) is 12.7. The number of carbonyl (C=O) groups excluding carboxylic acids is 1. The van der Waals surface area contributed by atoms with E-state index in [0.717, 1.165) is 25.1 Å². The van der Waals surface area contributed by atoms with E-state index in [2.05, 4.69) is 31.4 Å². The van der Waals surface area contributed by atoms with Crippen molar-refractivity contribution in [1.29, 1.82) is 0 Å². The molecule has 0 aromatic heterocycles. The van der Waals surface area contributed by atoms with Crippen LogP contribution < -0.4 is 10.6 Å². The lowest BCUT2D eigenvalue weighted by atomic mass is 9.98. The van der Waals surface area contributed by atoms with Crippen molar-refractivity contribution in [3.63, 3.8) is 0 Å². The molecule has 0 aromatic carbocycles. The average Bonchev–Trinajstić information content (AvgIpc) is 2.17. The lowest BCUT2D eigenvalue weighted by molar-refractivity contribution is -0.123. The molecule has 5 heteroatoms. The van der Waals surface area contributed by atoms with Crippen LogP contribution in [0.2, 0.25) is 0 Å². The summed E-state index contributed by atoms with van der Waals surface area (Å²) in [6.07, 6.45) is 2.75. The van der Waals surface area contributed by atoms with Gasteiger partial charge in [0.2, 0.25) is 5.91 Å². The van der Waals surface area contributed by atoms with E-state index in [-0.39, 0.29) is 23.9 Å². The van der Waals surface area contributed by atoms with Crippen LogP contribution in [-0.4, -0.2) is 35.5 Å². The molecule has 1 rings (SSSR count). The molecule has 0 aliphatic carbocycles. The Kier molecular flexibility index (Phi) is 8.25. The van der Waals surface area contributed by atoms with Crippen molar-refractivity contribution in [2.75, 3.05) is 18.1 Å². The highest BCUT2D eigenvalue weighted by molar-refractivity contribution is 7.99. The van der Waals surface area contributed by atoms with E-state index in [0.29, 0.717) is 12.5 Å². The van der Waals surface area contributed by atoms with Gasteiger partial charge in [0.1, 0.15) is 0 Å². The molecule has 1 atom stereocenters. The fourth-order valence-corrected chi connectivity index (χ4v) is 3.04. The number of halogens is 1. The summed E-state index contributed by atoms with van der Waals surface area (Å²) in [5.41, 5.74) is -0.0619. The Morgan fingerprint density at radius 2 is 2.24 bits per heavy atom. The second kappa shape index (κ2) is 8.22. The first kappa shape index (κ1) is 17.1. The van der Waals surface area contributed by atoms with E-state index in [1.807, 2.05) is 11.8 Å². The standard InChI is InChI=1S/C12H24N2OS.ClH/c1-4-5-12(2,3)14-11(15)8-10-9-16-7-6-13-10;/h10,13H,4-9H2,1-3H3,(H,14,15);1H. The number of nitrogens with one attached hydrogen (secondary N) is 2. The molecule has 1 aliphatic rings. The fourth-order valence-electron chi connectivity index (χ4n) is 2.09. The van der Waals surface area contributed by atoms with Crippen LogP contribution in [0.5, 0.6) is 0 Å². The number of rotatable bonds is 5. The minimum absolute atomic E-state index is 0. The van der Waals surface area contributed by atoms with Crippen LogP contribution >= 0.6 is 24.2 Å². The van der Waals surface area contributed by atoms with E-state index in [4.69, 9.17) is 0 Å². The van der Waals surface area contributed by atoms with Crippen LogP contribution in [0.3, 0.4) is 0 Å². The second-order valence-electron chi connectivity index (χ2n) is 5.11. The summed E-state index contributed by atoms with van der Waals surface area (Å²) in [4.78, 5) is 11.8. The number of carbonyl (C=O) groups is 1. The summed E-state index contributed by atoms with van der Waals surface area (Å²) in [6, 6.07) is 0.358. The molecule has 3 nitrogen and oxygen atoms in total. The summed E-state index contributed by atoms with van der Waals surface area (Å²) < 4.78 is 0. The molecule has 0 radical (unpaired) electrons. The lowest BCUT2D eigenvalue weighted by Gasteiger charge is -2.28. The predicted octanol–water partition coefficient (Wildman–Crippen LogP) is 2.20. The zero-order valence-electron chi connectivity index (χ0n) is 11.0. The lowest BCUT2D eigenvalue weighted by Crippen LogP contribution is -2.47. The summed E-state index contributed by atoms with van der Waals surface area (Å²) >= 11 is 1.93. The van der Waals surface area contributed by atoms with Crippen molar-refractivity contribution in [3.8, 4) is 0 Å². The molecule has 1 amide bonds. The van der Waals surface area contributed by atoms with Gasteiger partial charge >= 0.3 is 0 Å². The molecule has 0 bridgehead atoms. The van der Waals surface area contributed by atoms with Gasteiger partial charge in [0.15, 0.2) is 0 Å². The Morgan fingerprint density at radius 1 is 1.53 bits per heavy atom. The molecule has 1 heterocycles.